The molecule has 138 valence electrons. The number of ether oxygens (including phenoxy) is 1. The Morgan fingerprint density at radius 3 is 2.44 bits per heavy atom. The van der Waals surface area contributed by atoms with Gasteiger partial charge in [0.2, 0.25) is 5.91 Å². The first-order valence-corrected chi connectivity index (χ1v) is 9.04. The summed E-state index contributed by atoms with van der Waals surface area (Å²) in [5, 5.41) is 2.77. The smallest absolute Gasteiger partial charge is 0.407 e. The lowest BCUT2D eigenvalue weighted by Crippen LogP contribution is -2.52. The van der Waals surface area contributed by atoms with Gasteiger partial charge in [0.25, 0.3) is 0 Å². The Morgan fingerprint density at radius 2 is 1.84 bits per heavy atom. The van der Waals surface area contributed by atoms with Crippen LogP contribution in [0.25, 0.3) is 0 Å². The predicted molar refractivity (Wildman–Crippen MR) is 99.2 cm³/mol. The third-order valence-corrected chi connectivity index (χ3v) is 4.15. The number of hydrogen-bond donors (Lipinski definition) is 1. The monoisotopic (exact) mass is 366 g/mol. The van der Waals surface area contributed by atoms with Crippen molar-refractivity contribution in [2.24, 2.45) is 0 Å². The van der Waals surface area contributed by atoms with Gasteiger partial charge in [0.05, 0.1) is 5.54 Å². The van der Waals surface area contributed by atoms with Crippen LogP contribution in [0.5, 0.6) is 0 Å². The van der Waals surface area contributed by atoms with Gasteiger partial charge in [0.1, 0.15) is 6.61 Å². The Labute approximate surface area is 153 Å². The van der Waals surface area contributed by atoms with Crippen LogP contribution in [0.2, 0.25) is 0 Å². The number of benzene rings is 1. The zero-order valence-corrected chi connectivity index (χ0v) is 16.0. The van der Waals surface area contributed by atoms with Crippen LogP contribution in [-0.2, 0) is 20.9 Å². The molecule has 0 atom stereocenters. The third kappa shape index (κ3) is 9.14. The van der Waals surface area contributed by atoms with Gasteiger partial charge in [-0.3, -0.25) is 9.59 Å². The van der Waals surface area contributed by atoms with E-state index in [0.29, 0.717) is 12.3 Å². The number of carbonyl (C=O) groups is 3. The molecule has 0 radical (unpaired) electrons. The molecule has 0 bridgehead atoms. The molecule has 1 N–H and O–H groups in total. The number of carbonyl (C=O) groups excluding carboxylic acids is 3. The number of amides is 2. The van der Waals surface area contributed by atoms with Crippen LogP contribution in [0.15, 0.2) is 30.3 Å². The second kappa shape index (κ2) is 10.1. The van der Waals surface area contributed by atoms with E-state index in [4.69, 9.17) is 4.74 Å². The molecule has 1 aromatic carbocycles. The Hall–Kier alpha value is -2.02. The minimum absolute atomic E-state index is 0.00129. The SMILES string of the molecule is CC(=O)SCCC(=O)N(C)CC(C)(C)NC(=O)OCc1ccccc1. The molecule has 6 nitrogen and oxygen atoms in total. The second-order valence-electron chi connectivity index (χ2n) is 6.41. The largest absolute Gasteiger partial charge is 0.445 e. The van der Waals surface area contributed by atoms with Gasteiger partial charge in [0, 0.05) is 32.7 Å². The van der Waals surface area contributed by atoms with Crippen molar-refractivity contribution in [3.05, 3.63) is 35.9 Å². The van der Waals surface area contributed by atoms with Crippen LogP contribution in [0, 0.1) is 0 Å². The van der Waals surface area contributed by atoms with E-state index in [-0.39, 0.29) is 24.1 Å². The fraction of sp³-hybridized carbons (Fsp3) is 0.500. The summed E-state index contributed by atoms with van der Waals surface area (Å²) in [5.74, 6) is 0.396. The molecular weight excluding hydrogens is 340 g/mol. The van der Waals surface area contributed by atoms with Gasteiger partial charge >= 0.3 is 6.09 Å². The van der Waals surface area contributed by atoms with Crippen molar-refractivity contribution in [2.75, 3.05) is 19.3 Å². The van der Waals surface area contributed by atoms with E-state index in [1.165, 1.54) is 6.92 Å². The molecule has 1 rings (SSSR count). The number of nitrogens with zero attached hydrogens (tertiary/aromatic N) is 1. The highest BCUT2D eigenvalue weighted by Crippen LogP contribution is 2.09. The molecule has 2 amide bonds. The molecule has 1 aromatic rings. The number of likely N-dealkylation sites (N-methyl/N-ethyl adjacent to an activating group) is 1. The maximum atomic E-state index is 12.1. The Kier molecular flexibility index (Phi) is 8.48. The summed E-state index contributed by atoms with van der Waals surface area (Å²) in [4.78, 5) is 36.4. The van der Waals surface area contributed by atoms with Gasteiger partial charge in [-0.2, -0.15) is 0 Å². The fourth-order valence-electron chi connectivity index (χ4n) is 2.23. The Bertz CT molecular complexity index is 590. The first-order valence-electron chi connectivity index (χ1n) is 8.06. The van der Waals surface area contributed by atoms with Gasteiger partial charge in [-0.1, -0.05) is 42.1 Å². The van der Waals surface area contributed by atoms with Crippen LogP contribution >= 0.6 is 11.8 Å². The zero-order chi connectivity index (χ0) is 18.9. The molecule has 0 saturated carbocycles. The highest BCUT2D eigenvalue weighted by molar-refractivity contribution is 8.13. The molecule has 0 aliphatic heterocycles. The third-order valence-electron chi connectivity index (χ3n) is 3.33. The van der Waals surface area contributed by atoms with Crippen molar-refractivity contribution in [1.82, 2.24) is 10.2 Å². The summed E-state index contributed by atoms with van der Waals surface area (Å²) in [6.45, 7) is 5.67. The zero-order valence-electron chi connectivity index (χ0n) is 15.2. The highest BCUT2D eigenvalue weighted by atomic mass is 32.2. The molecule has 0 heterocycles. The van der Waals surface area contributed by atoms with E-state index in [2.05, 4.69) is 5.32 Å². The number of hydrogen-bond acceptors (Lipinski definition) is 5. The lowest BCUT2D eigenvalue weighted by Gasteiger charge is -2.31. The van der Waals surface area contributed by atoms with Crippen molar-refractivity contribution in [3.8, 4) is 0 Å². The van der Waals surface area contributed by atoms with Crippen molar-refractivity contribution < 1.29 is 19.1 Å². The number of nitrogens with one attached hydrogen (secondary N) is 1. The predicted octanol–water partition coefficient (Wildman–Crippen LogP) is 2.82. The van der Waals surface area contributed by atoms with Gasteiger partial charge in [0.15, 0.2) is 5.12 Å². The van der Waals surface area contributed by atoms with Crippen molar-refractivity contribution >= 4 is 28.9 Å². The van der Waals surface area contributed by atoms with Crippen molar-refractivity contribution in [1.29, 1.82) is 0 Å². The van der Waals surface area contributed by atoms with Crippen LogP contribution in [-0.4, -0.2) is 46.9 Å². The molecule has 0 aromatic heterocycles. The van der Waals surface area contributed by atoms with Crippen LogP contribution < -0.4 is 5.32 Å². The minimum Gasteiger partial charge on any atom is -0.445 e. The normalized spacial score (nSPS) is 10.9. The van der Waals surface area contributed by atoms with E-state index in [1.807, 2.05) is 44.2 Å². The summed E-state index contributed by atoms with van der Waals surface area (Å²) in [6.07, 6.45) is -0.239. The fourth-order valence-corrected chi connectivity index (χ4v) is 2.79. The van der Waals surface area contributed by atoms with Crippen LogP contribution in [0.1, 0.15) is 32.8 Å². The number of rotatable bonds is 8. The molecule has 0 aliphatic rings. The first-order chi connectivity index (χ1) is 11.7. The lowest BCUT2D eigenvalue weighted by atomic mass is 10.1. The summed E-state index contributed by atoms with van der Waals surface area (Å²) in [5.41, 5.74) is 0.275. The van der Waals surface area contributed by atoms with E-state index in [0.717, 1.165) is 17.3 Å². The quantitative estimate of drug-likeness (QED) is 0.766. The first kappa shape index (κ1) is 21.0. The highest BCUT2D eigenvalue weighted by Gasteiger charge is 2.25. The molecular formula is C18H26N2O4S. The number of thioether (sulfide) groups is 1. The second-order valence-corrected chi connectivity index (χ2v) is 7.68. The topological polar surface area (TPSA) is 75.7 Å². The van der Waals surface area contributed by atoms with Crippen LogP contribution in [0.3, 0.4) is 0 Å². The standard InChI is InChI=1S/C18H26N2O4S/c1-14(21)25-11-10-16(22)20(4)13-18(2,3)19-17(23)24-12-15-8-6-5-7-9-15/h5-9H,10-13H2,1-4H3,(H,19,23). The van der Waals surface area contributed by atoms with Crippen molar-refractivity contribution in [3.63, 3.8) is 0 Å². The molecule has 0 fully saturated rings. The van der Waals surface area contributed by atoms with E-state index >= 15 is 0 Å². The summed E-state index contributed by atoms with van der Waals surface area (Å²) in [7, 11) is 1.68. The molecule has 7 heteroatoms. The Balaban J connectivity index is 2.38. The maximum Gasteiger partial charge on any atom is 0.407 e. The molecule has 0 spiro atoms. The maximum absolute atomic E-state index is 12.1. The van der Waals surface area contributed by atoms with E-state index in [9.17, 15) is 14.4 Å². The number of alkyl carbamates (subject to hydrolysis) is 1. The van der Waals surface area contributed by atoms with Gasteiger partial charge in [-0.25, -0.2) is 4.79 Å². The minimum atomic E-state index is -0.633. The van der Waals surface area contributed by atoms with E-state index in [1.54, 1.807) is 11.9 Å². The van der Waals surface area contributed by atoms with Gasteiger partial charge < -0.3 is 15.0 Å². The molecule has 0 unspecified atom stereocenters. The van der Waals surface area contributed by atoms with Gasteiger partial charge in [-0.05, 0) is 19.4 Å². The average Bonchev–Trinajstić information content (AvgIpc) is 2.52. The molecule has 25 heavy (non-hydrogen) atoms. The van der Waals surface area contributed by atoms with Crippen LogP contribution in [0.4, 0.5) is 4.79 Å². The molecule has 0 aliphatic carbocycles. The summed E-state index contributed by atoms with van der Waals surface area (Å²) in [6, 6.07) is 9.42. The van der Waals surface area contributed by atoms with Gasteiger partial charge in [-0.15, -0.1) is 0 Å². The van der Waals surface area contributed by atoms with Crippen molar-refractivity contribution in [2.45, 2.75) is 39.3 Å². The summed E-state index contributed by atoms with van der Waals surface area (Å²) < 4.78 is 5.20. The lowest BCUT2D eigenvalue weighted by molar-refractivity contribution is -0.130. The summed E-state index contributed by atoms with van der Waals surface area (Å²) >= 11 is 1.13. The Morgan fingerprint density at radius 1 is 1.20 bits per heavy atom. The average molecular weight is 366 g/mol. The van der Waals surface area contributed by atoms with E-state index < -0.39 is 11.6 Å². The molecule has 0 saturated heterocycles.